The number of hydrogen-bond acceptors (Lipinski definition) is 5. The highest BCUT2D eigenvalue weighted by atomic mass is 35.5. The Morgan fingerprint density at radius 1 is 1.06 bits per heavy atom. The predicted octanol–water partition coefficient (Wildman–Crippen LogP) is 3.58. The van der Waals surface area contributed by atoms with E-state index in [0.717, 1.165) is 28.7 Å². The smallest absolute Gasteiger partial charge is 0.255 e. The normalized spacial score (nSPS) is 16.7. The van der Waals surface area contributed by atoms with E-state index in [9.17, 15) is 25.1 Å². The maximum atomic E-state index is 12.9. The summed E-state index contributed by atoms with van der Waals surface area (Å²) in [4.78, 5) is 26.9. The second-order valence-electron chi connectivity index (χ2n) is 8.71. The van der Waals surface area contributed by atoms with Crippen LogP contribution in [0.15, 0.2) is 72.8 Å². The van der Waals surface area contributed by atoms with Crippen molar-refractivity contribution in [3.05, 3.63) is 94.5 Å². The minimum atomic E-state index is -1.90. The number of aliphatic hydroxyl groups excluding tert-OH is 2. The van der Waals surface area contributed by atoms with Crippen LogP contribution >= 0.6 is 11.6 Å². The molecular weight excluding hydrogens is 478 g/mol. The topological polar surface area (TPSA) is 114 Å². The van der Waals surface area contributed by atoms with E-state index in [2.05, 4.69) is 11.4 Å². The lowest BCUT2D eigenvalue weighted by atomic mass is 9.99. The molecule has 36 heavy (non-hydrogen) atoms. The van der Waals surface area contributed by atoms with Crippen LogP contribution in [-0.2, 0) is 16.1 Å². The van der Waals surface area contributed by atoms with Gasteiger partial charge in [0.25, 0.3) is 11.8 Å². The number of likely N-dealkylation sites (tertiary alicyclic amines) is 1. The third kappa shape index (κ3) is 5.58. The molecule has 3 aromatic rings. The molecule has 1 saturated heterocycles. The molecule has 1 fully saturated rings. The molecule has 1 aliphatic heterocycles. The molecule has 2 amide bonds. The van der Waals surface area contributed by atoms with Crippen LogP contribution in [0.3, 0.4) is 0 Å². The summed E-state index contributed by atoms with van der Waals surface area (Å²) in [5.74, 6) is -1.53. The van der Waals surface area contributed by atoms with Crippen molar-refractivity contribution in [2.75, 3.05) is 6.54 Å². The highest BCUT2D eigenvalue weighted by Crippen LogP contribution is 2.33. The van der Waals surface area contributed by atoms with Crippen molar-refractivity contribution < 1.29 is 19.8 Å². The van der Waals surface area contributed by atoms with Gasteiger partial charge in [-0.05, 0) is 53.3 Å². The summed E-state index contributed by atoms with van der Waals surface area (Å²) in [6, 6.07) is 23.6. The van der Waals surface area contributed by atoms with E-state index in [1.54, 1.807) is 42.5 Å². The van der Waals surface area contributed by atoms with Gasteiger partial charge in [0.2, 0.25) is 0 Å². The summed E-state index contributed by atoms with van der Waals surface area (Å²) in [5.41, 5.74) is 3.85. The zero-order valence-electron chi connectivity index (χ0n) is 19.5. The molecule has 1 aliphatic rings. The van der Waals surface area contributed by atoms with Crippen LogP contribution in [0.2, 0.25) is 5.02 Å². The fourth-order valence-electron chi connectivity index (χ4n) is 4.47. The third-order valence-corrected chi connectivity index (χ3v) is 6.60. The molecule has 8 heteroatoms. The van der Waals surface area contributed by atoms with Gasteiger partial charge in [-0.2, -0.15) is 5.26 Å². The summed E-state index contributed by atoms with van der Waals surface area (Å²) in [6.07, 6.45) is -2.34. The first-order chi connectivity index (χ1) is 17.4. The van der Waals surface area contributed by atoms with Crippen molar-refractivity contribution in [3.63, 3.8) is 0 Å². The van der Waals surface area contributed by atoms with Gasteiger partial charge in [0.15, 0.2) is 12.2 Å². The van der Waals surface area contributed by atoms with Gasteiger partial charge in [-0.1, -0.05) is 66.2 Å². The predicted molar refractivity (Wildman–Crippen MR) is 136 cm³/mol. The molecule has 184 valence electrons. The maximum Gasteiger partial charge on any atom is 0.255 e. The molecule has 7 nitrogen and oxygen atoms in total. The van der Waals surface area contributed by atoms with E-state index in [0.29, 0.717) is 23.6 Å². The summed E-state index contributed by atoms with van der Waals surface area (Å²) in [6.45, 7) is 0.522. The largest absolute Gasteiger partial charge is 0.380 e. The fourth-order valence-corrected chi connectivity index (χ4v) is 4.67. The second kappa shape index (κ2) is 11.4. The molecule has 0 aromatic heterocycles. The average molecular weight is 504 g/mol. The first-order valence-electron chi connectivity index (χ1n) is 11.7. The lowest BCUT2D eigenvalue weighted by Crippen LogP contribution is -2.50. The van der Waals surface area contributed by atoms with Gasteiger partial charge in [-0.25, -0.2) is 0 Å². The Morgan fingerprint density at radius 2 is 1.81 bits per heavy atom. The van der Waals surface area contributed by atoms with Gasteiger partial charge >= 0.3 is 0 Å². The van der Waals surface area contributed by atoms with Crippen molar-refractivity contribution in [3.8, 4) is 17.2 Å². The van der Waals surface area contributed by atoms with Crippen LogP contribution in [0, 0.1) is 11.3 Å². The highest BCUT2D eigenvalue weighted by Gasteiger charge is 2.38. The van der Waals surface area contributed by atoms with Gasteiger partial charge in [-0.3, -0.25) is 9.59 Å². The Balaban J connectivity index is 1.35. The Morgan fingerprint density at radius 3 is 2.53 bits per heavy atom. The highest BCUT2D eigenvalue weighted by molar-refractivity contribution is 6.30. The maximum absolute atomic E-state index is 12.9. The molecular formula is C28H26ClN3O4. The van der Waals surface area contributed by atoms with Gasteiger partial charge in [0.1, 0.15) is 0 Å². The fraction of sp³-hybridized carbons (Fsp3) is 0.250. The minimum Gasteiger partial charge on any atom is -0.380 e. The van der Waals surface area contributed by atoms with Gasteiger partial charge < -0.3 is 20.4 Å². The molecule has 0 aliphatic carbocycles. The lowest BCUT2D eigenvalue weighted by Gasteiger charge is -2.28. The Bertz CT molecular complexity index is 1290. The van der Waals surface area contributed by atoms with Crippen LogP contribution in [0.1, 0.15) is 35.6 Å². The van der Waals surface area contributed by atoms with Crippen LogP contribution in [0.4, 0.5) is 0 Å². The standard InChI is InChI=1S/C28H26ClN3O4/c29-22-7-3-6-20(15-22)24-9-4-14-32(24)28(36)26(34)25(33)27(35)31-17-18-10-12-19(13-11-18)23-8-2-1-5-21(23)16-30/h1-3,5-8,10-13,15,24-26,33-34H,4,9,14,17H2,(H,31,35)/t24?,25-,26-/m1/s1. The van der Waals surface area contributed by atoms with E-state index in [1.807, 2.05) is 30.3 Å². The van der Waals surface area contributed by atoms with E-state index in [1.165, 1.54) is 4.90 Å². The number of rotatable bonds is 7. The number of carbonyl (C=O) groups excluding carboxylic acids is 2. The van der Waals surface area contributed by atoms with E-state index >= 15 is 0 Å². The average Bonchev–Trinajstić information content (AvgIpc) is 3.41. The Kier molecular flexibility index (Phi) is 8.01. The summed E-state index contributed by atoms with van der Waals surface area (Å²) in [5, 5.41) is 33.3. The molecule has 3 aromatic carbocycles. The number of amides is 2. The number of nitriles is 1. The Hall–Kier alpha value is -3.70. The number of aliphatic hydroxyl groups is 2. The molecule has 3 atom stereocenters. The zero-order chi connectivity index (χ0) is 25.7. The van der Waals surface area contributed by atoms with Crippen LogP contribution in [-0.4, -0.2) is 45.7 Å². The SMILES string of the molecule is N#Cc1ccccc1-c1ccc(CNC(=O)[C@H](O)[C@@H](O)C(=O)N2CCCC2c2cccc(Cl)c2)cc1. The molecule has 0 bridgehead atoms. The summed E-state index contributed by atoms with van der Waals surface area (Å²) in [7, 11) is 0. The van der Waals surface area contributed by atoms with Crippen LogP contribution in [0.5, 0.6) is 0 Å². The number of nitrogens with one attached hydrogen (secondary N) is 1. The van der Waals surface area contributed by atoms with Crippen molar-refractivity contribution in [2.45, 2.75) is 37.6 Å². The van der Waals surface area contributed by atoms with E-state index in [4.69, 9.17) is 11.6 Å². The molecule has 0 radical (unpaired) electrons. The summed E-state index contributed by atoms with van der Waals surface area (Å²) >= 11 is 6.09. The van der Waals surface area contributed by atoms with Crippen LogP contribution < -0.4 is 5.32 Å². The summed E-state index contributed by atoms with van der Waals surface area (Å²) < 4.78 is 0. The quantitative estimate of drug-likeness (QED) is 0.456. The van der Waals surface area contributed by atoms with Crippen molar-refractivity contribution in [1.29, 1.82) is 5.26 Å². The number of halogens is 1. The van der Waals surface area contributed by atoms with E-state index < -0.39 is 24.0 Å². The van der Waals surface area contributed by atoms with Crippen molar-refractivity contribution in [2.24, 2.45) is 0 Å². The molecule has 1 unspecified atom stereocenters. The number of nitrogens with zero attached hydrogens (tertiary/aromatic N) is 2. The monoisotopic (exact) mass is 503 g/mol. The first-order valence-corrected chi connectivity index (χ1v) is 12.0. The third-order valence-electron chi connectivity index (χ3n) is 6.37. The Labute approximate surface area is 214 Å². The zero-order valence-corrected chi connectivity index (χ0v) is 20.2. The molecule has 1 heterocycles. The van der Waals surface area contributed by atoms with E-state index in [-0.39, 0.29) is 12.6 Å². The number of benzene rings is 3. The molecule has 4 rings (SSSR count). The lowest BCUT2D eigenvalue weighted by molar-refractivity contribution is -0.153. The van der Waals surface area contributed by atoms with Gasteiger partial charge in [0, 0.05) is 18.1 Å². The number of carbonyl (C=O) groups is 2. The molecule has 0 saturated carbocycles. The first kappa shape index (κ1) is 25.4. The minimum absolute atomic E-state index is 0.103. The van der Waals surface area contributed by atoms with Crippen molar-refractivity contribution >= 4 is 23.4 Å². The van der Waals surface area contributed by atoms with Gasteiger partial charge in [-0.15, -0.1) is 0 Å². The second-order valence-corrected chi connectivity index (χ2v) is 9.14. The van der Waals surface area contributed by atoms with Gasteiger partial charge in [0.05, 0.1) is 17.7 Å². The molecule has 3 N–H and O–H groups in total. The molecule has 0 spiro atoms. The van der Waals surface area contributed by atoms with Crippen molar-refractivity contribution in [1.82, 2.24) is 10.2 Å². The van der Waals surface area contributed by atoms with Crippen LogP contribution in [0.25, 0.3) is 11.1 Å². The number of hydrogen-bond donors (Lipinski definition) is 3.